The van der Waals surface area contributed by atoms with Gasteiger partial charge in [-0.05, 0) is 45.0 Å². The summed E-state index contributed by atoms with van der Waals surface area (Å²) in [4.78, 5) is 6.97. The van der Waals surface area contributed by atoms with Crippen LogP contribution in [0, 0.1) is 0 Å². The lowest BCUT2D eigenvalue weighted by Gasteiger charge is -2.29. The van der Waals surface area contributed by atoms with Crippen molar-refractivity contribution in [3.8, 4) is 0 Å². The fourth-order valence-corrected chi connectivity index (χ4v) is 2.57. The van der Waals surface area contributed by atoms with Crippen molar-refractivity contribution in [2.24, 2.45) is 0 Å². The van der Waals surface area contributed by atoms with Gasteiger partial charge in [0.25, 0.3) is 0 Å². The van der Waals surface area contributed by atoms with Crippen LogP contribution in [0.1, 0.15) is 38.4 Å². The molecule has 0 saturated carbocycles. The molecule has 2 rings (SSSR count). The van der Waals surface area contributed by atoms with Crippen LogP contribution in [-0.4, -0.2) is 35.6 Å². The second-order valence-electron chi connectivity index (χ2n) is 4.81. The van der Waals surface area contributed by atoms with Gasteiger partial charge < -0.3 is 5.32 Å². The van der Waals surface area contributed by atoms with E-state index < -0.39 is 0 Å². The fraction of sp³-hybridized carbons (Fsp3) is 0.643. The van der Waals surface area contributed by atoms with Crippen molar-refractivity contribution in [1.82, 2.24) is 15.2 Å². The van der Waals surface area contributed by atoms with Crippen molar-refractivity contribution in [2.75, 3.05) is 19.6 Å². The molecule has 2 heterocycles. The molecular formula is C14H23N3. The third-order valence-corrected chi connectivity index (χ3v) is 3.69. The quantitative estimate of drug-likeness (QED) is 0.845. The molecule has 1 aromatic rings. The smallest absolute Gasteiger partial charge is 0.0572 e. The Bertz CT molecular complexity index is 319. The summed E-state index contributed by atoms with van der Waals surface area (Å²) in [5.74, 6) is 0. The highest BCUT2D eigenvalue weighted by molar-refractivity contribution is 5.08. The number of nitrogens with zero attached hydrogens (tertiary/aromatic N) is 2. The SMILES string of the molecule is CCN(CC1CCCN1)C(C)c1ccccn1. The minimum Gasteiger partial charge on any atom is -0.313 e. The van der Waals surface area contributed by atoms with Crippen molar-refractivity contribution in [1.29, 1.82) is 0 Å². The van der Waals surface area contributed by atoms with Gasteiger partial charge in [-0.2, -0.15) is 0 Å². The number of nitrogens with one attached hydrogen (secondary N) is 1. The average molecular weight is 233 g/mol. The summed E-state index contributed by atoms with van der Waals surface area (Å²) in [5, 5.41) is 3.57. The lowest BCUT2D eigenvalue weighted by atomic mass is 10.1. The number of aromatic nitrogens is 1. The Hall–Kier alpha value is -0.930. The number of hydrogen-bond donors (Lipinski definition) is 1. The molecule has 2 unspecified atom stereocenters. The summed E-state index contributed by atoms with van der Waals surface area (Å²) < 4.78 is 0. The fourth-order valence-electron chi connectivity index (χ4n) is 2.57. The minimum atomic E-state index is 0.406. The zero-order valence-corrected chi connectivity index (χ0v) is 10.9. The van der Waals surface area contributed by atoms with Gasteiger partial charge in [0, 0.05) is 24.8 Å². The summed E-state index contributed by atoms with van der Waals surface area (Å²) in [6.07, 6.45) is 4.51. The monoisotopic (exact) mass is 233 g/mol. The molecule has 1 aliphatic rings. The average Bonchev–Trinajstić information content (AvgIpc) is 2.89. The van der Waals surface area contributed by atoms with Crippen LogP contribution < -0.4 is 5.32 Å². The number of likely N-dealkylation sites (N-methyl/N-ethyl adjacent to an activating group) is 1. The van der Waals surface area contributed by atoms with Gasteiger partial charge in [-0.1, -0.05) is 13.0 Å². The van der Waals surface area contributed by atoms with Gasteiger partial charge in [0.05, 0.1) is 5.69 Å². The van der Waals surface area contributed by atoms with Gasteiger partial charge in [-0.25, -0.2) is 0 Å². The van der Waals surface area contributed by atoms with Crippen molar-refractivity contribution in [3.05, 3.63) is 30.1 Å². The first-order chi connectivity index (χ1) is 8.31. The summed E-state index contributed by atoms with van der Waals surface area (Å²) in [6.45, 7) is 7.87. The zero-order chi connectivity index (χ0) is 12.1. The van der Waals surface area contributed by atoms with Crippen LogP contribution in [0.3, 0.4) is 0 Å². The van der Waals surface area contributed by atoms with Gasteiger partial charge in [0.2, 0.25) is 0 Å². The van der Waals surface area contributed by atoms with Gasteiger partial charge in [0.1, 0.15) is 0 Å². The van der Waals surface area contributed by atoms with Crippen molar-refractivity contribution in [3.63, 3.8) is 0 Å². The molecule has 17 heavy (non-hydrogen) atoms. The van der Waals surface area contributed by atoms with E-state index in [0.29, 0.717) is 12.1 Å². The highest BCUT2D eigenvalue weighted by Crippen LogP contribution is 2.19. The number of rotatable bonds is 5. The standard InChI is InChI=1S/C14H23N3/c1-3-17(11-13-7-6-10-15-13)12(2)14-8-4-5-9-16-14/h4-5,8-9,12-13,15H,3,6-7,10-11H2,1-2H3. The lowest BCUT2D eigenvalue weighted by molar-refractivity contribution is 0.199. The predicted octanol–water partition coefficient (Wildman–Crippen LogP) is 2.22. The van der Waals surface area contributed by atoms with Crippen LogP contribution in [0.15, 0.2) is 24.4 Å². The molecule has 0 aromatic carbocycles. The van der Waals surface area contributed by atoms with Crippen molar-refractivity contribution in [2.45, 2.75) is 38.8 Å². The van der Waals surface area contributed by atoms with Crippen molar-refractivity contribution < 1.29 is 0 Å². The molecule has 1 N–H and O–H groups in total. The first-order valence-electron chi connectivity index (χ1n) is 6.69. The molecule has 94 valence electrons. The van der Waals surface area contributed by atoms with Crippen LogP contribution in [0.25, 0.3) is 0 Å². The van der Waals surface area contributed by atoms with Gasteiger partial charge >= 0.3 is 0 Å². The first kappa shape index (κ1) is 12.5. The molecular weight excluding hydrogens is 210 g/mol. The van der Waals surface area contributed by atoms with Gasteiger partial charge in [-0.3, -0.25) is 9.88 Å². The van der Waals surface area contributed by atoms with E-state index in [4.69, 9.17) is 0 Å². The van der Waals surface area contributed by atoms with E-state index >= 15 is 0 Å². The second kappa shape index (κ2) is 6.12. The van der Waals surface area contributed by atoms with Crippen LogP contribution in [0.2, 0.25) is 0 Å². The molecule has 0 amide bonds. The van der Waals surface area contributed by atoms with Crippen LogP contribution in [-0.2, 0) is 0 Å². The Balaban J connectivity index is 1.97. The first-order valence-corrected chi connectivity index (χ1v) is 6.69. The van der Waals surface area contributed by atoms with Gasteiger partial charge in [-0.15, -0.1) is 0 Å². The topological polar surface area (TPSA) is 28.2 Å². The summed E-state index contributed by atoms with van der Waals surface area (Å²) in [6, 6.07) is 7.24. The van der Waals surface area contributed by atoms with E-state index in [-0.39, 0.29) is 0 Å². The molecule has 0 bridgehead atoms. The number of hydrogen-bond acceptors (Lipinski definition) is 3. The molecule has 1 aromatic heterocycles. The van der Waals surface area contributed by atoms with E-state index in [1.54, 1.807) is 0 Å². The predicted molar refractivity (Wildman–Crippen MR) is 70.9 cm³/mol. The Labute approximate surface area is 104 Å². The van der Waals surface area contributed by atoms with E-state index in [0.717, 1.165) is 13.1 Å². The molecule has 1 aliphatic heterocycles. The summed E-state index contributed by atoms with van der Waals surface area (Å²) in [5.41, 5.74) is 1.17. The molecule has 1 fully saturated rings. The van der Waals surface area contributed by atoms with Crippen molar-refractivity contribution >= 4 is 0 Å². The normalized spacial score (nSPS) is 21.9. The maximum absolute atomic E-state index is 4.46. The maximum atomic E-state index is 4.46. The maximum Gasteiger partial charge on any atom is 0.0572 e. The highest BCUT2D eigenvalue weighted by atomic mass is 15.2. The molecule has 1 saturated heterocycles. The zero-order valence-electron chi connectivity index (χ0n) is 10.9. The van der Waals surface area contributed by atoms with Crippen LogP contribution >= 0.6 is 0 Å². The lowest BCUT2D eigenvalue weighted by Crippen LogP contribution is -2.39. The van der Waals surface area contributed by atoms with Crippen LogP contribution in [0.5, 0.6) is 0 Å². The number of pyridine rings is 1. The summed E-state index contributed by atoms with van der Waals surface area (Å²) >= 11 is 0. The molecule has 0 spiro atoms. The highest BCUT2D eigenvalue weighted by Gasteiger charge is 2.21. The van der Waals surface area contributed by atoms with E-state index in [9.17, 15) is 0 Å². The van der Waals surface area contributed by atoms with Crippen LogP contribution in [0.4, 0.5) is 0 Å². The molecule has 2 atom stereocenters. The molecule has 0 radical (unpaired) electrons. The van der Waals surface area contributed by atoms with E-state index in [1.807, 2.05) is 12.3 Å². The Morgan fingerprint density at radius 3 is 3.00 bits per heavy atom. The van der Waals surface area contributed by atoms with Gasteiger partial charge in [0.15, 0.2) is 0 Å². The Kier molecular flexibility index (Phi) is 4.51. The third-order valence-electron chi connectivity index (χ3n) is 3.69. The Morgan fingerprint density at radius 2 is 2.41 bits per heavy atom. The second-order valence-corrected chi connectivity index (χ2v) is 4.81. The third kappa shape index (κ3) is 3.27. The molecule has 3 nitrogen and oxygen atoms in total. The minimum absolute atomic E-state index is 0.406. The summed E-state index contributed by atoms with van der Waals surface area (Å²) in [7, 11) is 0. The molecule has 0 aliphatic carbocycles. The van der Waals surface area contributed by atoms with E-state index in [2.05, 4.69) is 41.2 Å². The Morgan fingerprint density at radius 1 is 1.53 bits per heavy atom. The van der Waals surface area contributed by atoms with E-state index in [1.165, 1.54) is 25.1 Å². The molecule has 3 heteroatoms. The largest absolute Gasteiger partial charge is 0.313 e.